The van der Waals surface area contributed by atoms with Crippen LogP contribution in [0.5, 0.6) is 0 Å². The van der Waals surface area contributed by atoms with E-state index in [0.29, 0.717) is 16.6 Å². The number of benzene rings is 1. The van der Waals surface area contributed by atoms with Crippen molar-refractivity contribution >= 4 is 38.5 Å². The van der Waals surface area contributed by atoms with Gasteiger partial charge in [-0.3, -0.25) is 0 Å². The average molecular weight is 486 g/mol. The molecule has 4 heterocycles. The first-order chi connectivity index (χ1) is 15.9. The minimum atomic E-state index is -3.87. The van der Waals surface area contributed by atoms with Gasteiger partial charge in [-0.15, -0.1) is 0 Å². The predicted molar refractivity (Wildman–Crippen MR) is 130 cm³/mol. The molecule has 2 aliphatic rings. The van der Waals surface area contributed by atoms with Crippen LogP contribution >= 0.6 is 11.8 Å². The summed E-state index contributed by atoms with van der Waals surface area (Å²) in [7, 11) is -3.87. The van der Waals surface area contributed by atoms with Crippen molar-refractivity contribution in [1.82, 2.24) is 8.96 Å². The van der Waals surface area contributed by atoms with Gasteiger partial charge in [-0.1, -0.05) is 23.4 Å². The third-order valence-corrected chi connectivity index (χ3v) is 9.35. The number of aliphatic hydroxyl groups is 1. The molecule has 0 bridgehead atoms. The minimum Gasteiger partial charge on any atom is -0.392 e. The fraction of sp³-hybridized carbons (Fsp3) is 0.417. The van der Waals surface area contributed by atoms with Crippen LogP contribution in [0.1, 0.15) is 49.8 Å². The fourth-order valence-electron chi connectivity index (χ4n) is 4.84. The molecule has 174 valence electrons. The molecule has 2 aromatic heterocycles. The van der Waals surface area contributed by atoms with Gasteiger partial charge in [0.2, 0.25) is 0 Å². The number of nitrogens with zero attached hydrogens (tertiary/aromatic N) is 3. The second-order valence-electron chi connectivity index (χ2n) is 8.75. The highest BCUT2D eigenvalue weighted by atomic mass is 32.2. The molecule has 33 heavy (non-hydrogen) atoms. The maximum atomic E-state index is 13.5. The molecule has 9 heteroatoms. The van der Waals surface area contributed by atoms with Gasteiger partial charge in [-0.25, -0.2) is 17.4 Å². The van der Waals surface area contributed by atoms with E-state index in [1.807, 2.05) is 31.7 Å². The van der Waals surface area contributed by atoms with E-state index >= 15 is 0 Å². The molecule has 1 saturated heterocycles. The van der Waals surface area contributed by atoms with Crippen LogP contribution in [0.3, 0.4) is 0 Å². The second-order valence-corrected chi connectivity index (χ2v) is 11.8. The number of aliphatic hydroxyl groups excluding tert-OH is 1. The van der Waals surface area contributed by atoms with E-state index in [4.69, 9.17) is 4.84 Å². The molecule has 0 aliphatic carbocycles. The van der Waals surface area contributed by atoms with E-state index in [1.165, 1.54) is 3.97 Å². The molecule has 3 unspecified atom stereocenters. The first-order valence-corrected chi connectivity index (χ1v) is 13.7. The lowest BCUT2D eigenvalue weighted by atomic mass is 9.89. The molecular formula is C24H27N3O4S2. The highest BCUT2D eigenvalue weighted by Gasteiger charge is 2.33. The van der Waals surface area contributed by atoms with Crippen LogP contribution in [0.25, 0.3) is 11.0 Å². The highest BCUT2D eigenvalue weighted by molar-refractivity contribution is 7.99. The van der Waals surface area contributed by atoms with Gasteiger partial charge < -0.3 is 9.94 Å². The smallest absolute Gasteiger partial charge is 0.269 e. The molecule has 3 aromatic rings. The molecule has 3 atom stereocenters. The molecule has 1 fully saturated rings. The summed E-state index contributed by atoms with van der Waals surface area (Å²) in [5.41, 5.74) is 2.68. The monoisotopic (exact) mass is 485 g/mol. The van der Waals surface area contributed by atoms with Gasteiger partial charge in [0.15, 0.2) is 5.65 Å². The highest BCUT2D eigenvalue weighted by Crippen LogP contribution is 2.39. The van der Waals surface area contributed by atoms with Crippen LogP contribution in [0.2, 0.25) is 0 Å². The van der Waals surface area contributed by atoms with Crippen LogP contribution in [-0.2, 0) is 14.9 Å². The molecule has 1 aromatic carbocycles. The van der Waals surface area contributed by atoms with Gasteiger partial charge in [0.1, 0.15) is 6.10 Å². The number of oxime groups is 1. The Morgan fingerprint density at radius 3 is 2.61 bits per heavy atom. The zero-order valence-electron chi connectivity index (χ0n) is 18.6. The molecule has 1 N–H and O–H groups in total. The van der Waals surface area contributed by atoms with Crippen LogP contribution in [0, 0.1) is 5.92 Å². The number of rotatable bonds is 5. The van der Waals surface area contributed by atoms with Gasteiger partial charge >= 0.3 is 0 Å². The Bertz CT molecular complexity index is 1300. The van der Waals surface area contributed by atoms with Crippen molar-refractivity contribution in [1.29, 1.82) is 0 Å². The van der Waals surface area contributed by atoms with Crippen molar-refractivity contribution in [3.8, 4) is 0 Å². The Balaban J connectivity index is 1.68. The normalized spacial score (nSPS) is 22.8. The fourth-order valence-corrected chi connectivity index (χ4v) is 7.33. The summed E-state index contributed by atoms with van der Waals surface area (Å²) >= 11 is 1.89. The molecule has 7 nitrogen and oxygen atoms in total. The van der Waals surface area contributed by atoms with Crippen molar-refractivity contribution in [2.24, 2.45) is 11.1 Å². The minimum absolute atomic E-state index is 0.0629. The third kappa shape index (κ3) is 3.96. The zero-order chi connectivity index (χ0) is 23.2. The Kier molecular flexibility index (Phi) is 5.96. The number of hydrogen-bond acceptors (Lipinski definition) is 7. The first kappa shape index (κ1) is 22.4. The van der Waals surface area contributed by atoms with Crippen molar-refractivity contribution < 1.29 is 18.4 Å². The van der Waals surface area contributed by atoms with Crippen LogP contribution < -0.4 is 0 Å². The summed E-state index contributed by atoms with van der Waals surface area (Å²) in [6.45, 7) is 3.87. The maximum Gasteiger partial charge on any atom is 0.269 e. The number of pyridine rings is 1. The number of aromatic nitrogens is 2. The van der Waals surface area contributed by atoms with Gasteiger partial charge in [-0.05, 0) is 67.9 Å². The average Bonchev–Trinajstić information content (AvgIpc) is 3.39. The summed E-state index contributed by atoms with van der Waals surface area (Å²) in [6.07, 6.45) is 4.16. The van der Waals surface area contributed by atoms with Gasteiger partial charge in [0, 0.05) is 23.3 Å². The zero-order valence-corrected chi connectivity index (χ0v) is 20.2. The number of fused-ring (bicyclic) bond motifs is 1. The Hall–Kier alpha value is -2.36. The lowest BCUT2D eigenvalue weighted by Gasteiger charge is -2.26. The standard InChI is InChI=1S/C24H27N3O4S2/c1-15-22(16(2)31-26-15)18-12-20-21(23(28)17-8-10-32-11-9-17)14-27(24(20)25-13-18)33(29,30)19-6-4-3-5-7-19/h3-7,12-14,16-17,22-23,28H,8-11H2,1-2H3. The largest absolute Gasteiger partial charge is 0.392 e. The molecule has 0 radical (unpaired) electrons. The van der Waals surface area contributed by atoms with Gasteiger partial charge in [0.25, 0.3) is 10.0 Å². The van der Waals surface area contributed by atoms with Crippen LogP contribution in [0.15, 0.2) is 58.8 Å². The van der Waals surface area contributed by atoms with E-state index in [1.54, 1.807) is 42.7 Å². The number of hydrogen-bond donors (Lipinski definition) is 1. The lowest BCUT2D eigenvalue weighted by Crippen LogP contribution is -2.18. The summed E-state index contributed by atoms with van der Waals surface area (Å²) < 4.78 is 28.2. The van der Waals surface area contributed by atoms with Crippen LogP contribution in [-0.4, -0.2) is 45.8 Å². The summed E-state index contributed by atoms with van der Waals surface area (Å²) in [4.78, 5) is 10.2. The second kappa shape index (κ2) is 8.77. The van der Waals surface area contributed by atoms with Crippen molar-refractivity contribution in [3.05, 3.63) is 59.9 Å². The Labute approximate surface area is 197 Å². The van der Waals surface area contributed by atoms with Crippen molar-refractivity contribution in [2.45, 2.75) is 49.7 Å². The molecular weight excluding hydrogens is 458 g/mol. The van der Waals surface area contributed by atoms with E-state index in [-0.39, 0.29) is 22.8 Å². The van der Waals surface area contributed by atoms with Crippen LogP contribution in [0.4, 0.5) is 0 Å². The van der Waals surface area contributed by atoms with E-state index < -0.39 is 16.1 Å². The summed E-state index contributed by atoms with van der Waals surface area (Å²) in [5, 5.41) is 16.1. The lowest BCUT2D eigenvalue weighted by molar-refractivity contribution is 0.0904. The van der Waals surface area contributed by atoms with Gasteiger partial charge in [-0.2, -0.15) is 11.8 Å². The third-order valence-electron chi connectivity index (χ3n) is 6.64. The summed E-state index contributed by atoms with van der Waals surface area (Å²) in [5.74, 6) is 2.02. The van der Waals surface area contributed by atoms with Gasteiger partial charge in [0.05, 0.1) is 22.6 Å². The molecule has 0 spiro atoms. The van der Waals surface area contributed by atoms with Crippen molar-refractivity contribution in [2.75, 3.05) is 11.5 Å². The molecule has 0 amide bonds. The first-order valence-electron chi connectivity index (χ1n) is 11.2. The molecule has 0 saturated carbocycles. The molecule has 5 rings (SSSR count). The van der Waals surface area contributed by atoms with E-state index in [2.05, 4.69) is 10.1 Å². The van der Waals surface area contributed by atoms with Crippen molar-refractivity contribution in [3.63, 3.8) is 0 Å². The Morgan fingerprint density at radius 1 is 1.21 bits per heavy atom. The van der Waals surface area contributed by atoms with E-state index in [0.717, 1.165) is 35.6 Å². The molecule has 2 aliphatic heterocycles. The number of thioether (sulfide) groups is 1. The quantitative estimate of drug-likeness (QED) is 0.578. The van der Waals surface area contributed by atoms with E-state index in [9.17, 15) is 13.5 Å². The maximum absolute atomic E-state index is 13.5. The SMILES string of the molecule is CC1=NOC(C)C1c1cnc2c(c1)c(C(O)C1CCSCC1)cn2S(=O)(=O)c1ccccc1. The topological polar surface area (TPSA) is 93.8 Å². The summed E-state index contributed by atoms with van der Waals surface area (Å²) in [6, 6.07) is 10.3. The predicted octanol–water partition coefficient (Wildman–Crippen LogP) is 4.33. The Morgan fingerprint density at radius 2 is 1.94 bits per heavy atom.